The summed E-state index contributed by atoms with van der Waals surface area (Å²) in [5.74, 6) is -0.606. The Hall–Kier alpha value is -2.40. The fourth-order valence-corrected chi connectivity index (χ4v) is 1.97. The first-order valence-electron chi connectivity index (χ1n) is 7.14. The van der Waals surface area contributed by atoms with Gasteiger partial charge >= 0.3 is 5.97 Å². The second-order valence-corrected chi connectivity index (χ2v) is 5.66. The summed E-state index contributed by atoms with van der Waals surface area (Å²) in [6, 6.07) is 10.5. The molecule has 0 unspecified atom stereocenters. The molecule has 0 aliphatic rings. The van der Waals surface area contributed by atoms with E-state index in [1.54, 1.807) is 0 Å². The second-order valence-electron chi connectivity index (χ2n) is 5.27. The van der Waals surface area contributed by atoms with Gasteiger partial charge in [-0.25, -0.2) is 9.78 Å². The zero-order valence-electron chi connectivity index (χ0n) is 12.9. The summed E-state index contributed by atoms with van der Waals surface area (Å²) < 4.78 is 4.93. The molecular formula is C17H17ClN2O3. The lowest BCUT2D eigenvalue weighted by Gasteiger charge is -2.09. The van der Waals surface area contributed by atoms with Crippen LogP contribution in [0.15, 0.2) is 42.6 Å². The fourth-order valence-electron chi connectivity index (χ4n) is 1.86. The van der Waals surface area contributed by atoms with Gasteiger partial charge < -0.3 is 10.1 Å². The molecule has 0 aliphatic heterocycles. The number of ether oxygens (including phenoxy) is 1. The molecule has 5 nitrogen and oxygen atoms in total. The molecular weight excluding hydrogens is 316 g/mol. The van der Waals surface area contributed by atoms with Crippen LogP contribution in [0.5, 0.6) is 0 Å². The van der Waals surface area contributed by atoms with Crippen molar-refractivity contribution in [2.75, 3.05) is 11.9 Å². The van der Waals surface area contributed by atoms with E-state index in [0.717, 1.165) is 0 Å². The van der Waals surface area contributed by atoms with Crippen LogP contribution >= 0.6 is 11.6 Å². The van der Waals surface area contributed by atoms with Crippen molar-refractivity contribution >= 4 is 29.2 Å². The van der Waals surface area contributed by atoms with Crippen molar-refractivity contribution in [3.05, 3.63) is 58.9 Å². The van der Waals surface area contributed by atoms with Crippen molar-refractivity contribution in [2.24, 2.45) is 0 Å². The maximum absolute atomic E-state index is 11.8. The van der Waals surface area contributed by atoms with E-state index < -0.39 is 11.9 Å². The van der Waals surface area contributed by atoms with Gasteiger partial charge in [-0.3, -0.25) is 4.79 Å². The summed E-state index contributed by atoms with van der Waals surface area (Å²) in [6.07, 6.45) is 1.30. The number of pyridine rings is 1. The monoisotopic (exact) mass is 332 g/mol. The molecule has 0 bridgehead atoms. The number of benzene rings is 1. The lowest BCUT2D eigenvalue weighted by molar-refractivity contribution is -0.119. The normalized spacial score (nSPS) is 10.4. The van der Waals surface area contributed by atoms with E-state index in [-0.39, 0.29) is 17.3 Å². The van der Waals surface area contributed by atoms with Gasteiger partial charge in [0.05, 0.1) is 5.56 Å². The predicted octanol–water partition coefficient (Wildman–Crippen LogP) is 3.65. The number of esters is 1. The highest BCUT2D eigenvalue weighted by atomic mass is 35.5. The summed E-state index contributed by atoms with van der Waals surface area (Å²) in [5.41, 5.74) is 2.08. The molecule has 0 saturated heterocycles. The molecule has 0 spiro atoms. The van der Waals surface area contributed by atoms with Crippen LogP contribution in [-0.4, -0.2) is 23.5 Å². The summed E-state index contributed by atoms with van der Waals surface area (Å²) >= 11 is 5.64. The molecule has 1 aromatic carbocycles. The van der Waals surface area contributed by atoms with Crippen LogP contribution in [0.3, 0.4) is 0 Å². The van der Waals surface area contributed by atoms with Crippen molar-refractivity contribution in [1.29, 1.82) is 0 Å². The Labute approximate surface area is 139 Å². The molecule has 0 aliphatic carbocycles. The lowest BCUT2D eigenvalue weighted by Crippen LogP contribution is -2.21. The van der Waals surface area contributed by atoms with Gasteiger partial charge in [0.1, 0.15) is 5.15 Å². The summed E-state index contributed by atoms with van der Waals surface area (Å²) in [5, 5.41) is 2.95. The Morgan fingerprint density at radius 1 is 1.17 bits per heavy atom. The van der Waals surface area contributed by atoms with Crippen LogP contribution in [0.25, 0.3) is 0 Å². The third kappa shape index (κ3) is 5.07. The number of hydrogen-bond donors (Lipinski definition) is 1. The maximum atomic E-state index is 11.8. The Bertz CT molecular complexity index is 682. The minimum Gasteiger partial charge on any atom is -0.452 e. The van der Waals surface area contributed by atoms with E-state index in [1.807, 2.05) is 24.3 Å². The van der Waals surface area contributed by atoms with Gasteiger partial charge in [0.15, 0.2) is 6.61 Å². The number of nitrogens with one attached hydrogen (secondary N) is 1. The predicted molar refractivity (Wildman–Crippen MR) is 88.7 cm³/mol. The van der Waals surface area contributed by atoms with Crippen LogP contribution in [0.4, 0.5) is 5.69 Å². The van der Waals surface area contributed by atoms with Gasteiger partial charge in [-0.05, 0) is 35.7 Å². The Morgan fingerprint density at radius 3 is 2.43 bits per heavy atom. The highest BCUT2D eigenvalue weighted by molar-refractivity contribution is 6.29. The highest BCUT2D eigenvalue weighted by Gasteiger charge is 2.11. The third-order valence-electron chi connectivity index (χ3n) is 3.16. The van der Waals surface area contributed by atoms with E-state index in [9.17, 15) is 9.59 Å². The lowest BCUT2D eigenvalue weighted by atomic mass is 10.0. The number of halogens is 1. The zero-order chi connectivity index (χ0) is 16.8. The average molecular weight is 333 g/mol. The fraction of sp³-hybridized carbons (Fsp3) is 0.235. The number of carbonyl (C=O) groups is 2. The number of nitrogens with zero attached hydrogens (tertiary/aromatic N) is 1. The minimum atomic E-state index is -0.625. The smallest absolute Gasteiger partial charge is 0.340 e. The second kappa shape index (κ2) is 7.74. The van der Waals surface area contributed by atoms with E-state index in [1.165, 1.54) is 23.9 Å². The number of rotatable bonds is 5. The van der Waals surface area contributed by atoms with Crippen LogP contribution in [0.2, 0.25) is 5.15 Å². The van der Waals surface area contributed by atoms with Crippen LogP contribution in [0, 0.1) is 0 Å². The Morgan fingerprint density at radius 2 is 1.87 bits per heavy atom. The van der Waals surface area contributed by atoms with Crippen LogP contribution < -0.4 is 5.32 Å². The van der Waals surface area contributed by atoms with Crippen molar-refractivity contribution in [1.82, 2.24) is 4.98 Å². The van der Waals surface area contributed by atoms with Gasteiger partial charge in [0, 0.05) is 11.9 Å². The standard InChI is InChI=1S/C17H17ClN2O3/c1-11(2)12-3-6-14(7-4-12)20-16(21)10-23-17(22)13-5-8-15(18)19-9-13/h3-9,11H,10H2,1-2H3,(H,20,21). The topological polar surface area (TPSA) is 68.3 Å². The third-order valence-corrected chi connectivity index (χ3v) is 3.38. The van der Waals surface area contributed by atoms with Crippen molar-refractivity contribution in [2.45, 2.75) is 19.8 Å². The number of anilines is 1. The van der Waals surface area contributed by atoms with Gasteiger partial charge in [-0.1, -0.05) is 37.6 Å². The number of amides is 1. The summed E-state index contributed by atoms with van der Waals surface area (Å²) in [4.78, 5) is 27.3. The molecule has 23 heavy (non-hydrogen) atoms. The van der Waals surface area contributed by atoms with Gasteiger partial charge in [0.25, 0.3) is 5.91 Å². The largest absolute Gasteiger partial charge is 0.452 e. The molecule has 1 N–H and O–H groups in total. The Kier molecular flexibility index (Phi) is 5.71. The molecule has 2 rings (SSSR count). The quantitative estimate of drug-likeness (QED) is 0.670. The number of hydrogen-bond acceptors (Lipinski definition) is 4. The molecule has 1 heterocycles. The first-order chi connectivity index (χ1) is 11.0. The first-order valence-corrected chi connectivity index (χ1v) is 7.52. The van der Waals surface area contributed by atoms with Crippen LogP contribution in [0.1, 0.15) is 35.7 Å². The van der Waals surface area contributed by atoms with Crippen molar-refractivity contribution in [3.8, 4) is 0 Å². The first kappa shape index (κ1) is 17.0. The van der Waals surface area contributed by atoms with Crippen molar-refractivity contribution in [3.63, 3.8) is 0 Å². The van der Waals surface area contributed by atoms with E-state index in [2.05, 4.69) is 24.1 Å². The molecule has 1 amide bonds. The minimum absolute atomic E-state index is 0.239. The average Bonchev–Trinajstić information content (AvgIpc) is 2.54. The summed E-state index contributed by atoms with van der Waals surface area (Å²) in [7, 11) is 0. The van der Waals surface area contributed by atoms with Gasteiger partial charge in [-0.15, -0.1) is 0 Å². The van der Waals surface area contributed by atoms with E-state index >= 15 is 0 Å². The molecule has 0 atom stereocenters. The molecule has 2 aromatic rings. The van der Waals surface area contributed by atoms with E-state index in [0.29, 0.717) is 11.6 Å². The zero-order valence-corrected chi connectivity index (χ0v) is 13.6. The summed E-state index contributed by atoms with van der Waals surface area (Å²) in [6.45, 7) is 3.82. The molecule has 0 radical (unpaired) electrons. The Balaban J connectivity index is 1.85. The van der Waals surface area contributed by atoms with Gasteiger partial charge in [-0.2, -0.15) is 0 Å². The molecule has 120 valence electrons. The molecule has 0 saturated carbocycles. The maximum Gasteiger partial charge on any atom is 0.340 e. The van der Waals surface area contributed by atoms with E-state index in [4.69, 9.17) is 16.3 Å². The van der Waals surface area contributed by atoms with Crippen LogP contribution in [-0.2, 0) is 9.53 Å². The van der Waals surface area contributed by atoms with Gasteiger partial charge in [0.2, 0.25) is 0 Å². The molecule has 0 fully saturated rings. The molecule has 6 heteroatoms. The van der Waals surface area contributed by atoms with Crippen molar-refractivity contribution < 1.29 is 14.3 Å². The number of carbonyl (C=O) groups excluding carboxylic acids is 2. The highest BCUT2D eigenvalue weighted by Crippen LogP contribution is 2.17. The number of aromatic nitrogens is 1. The molecule has 1 aromatic heterocycles. The SMILES string of the molecule is CC(C)c1ccc(NC(=O)COC(=O)c2ccc(Cl)nc2)cc1.